The van der Waals surface area contributed by atoms with Gasteiger partial charge in [0, 0.05) is 36.3 Å². The number of hydrogen-bond donors (Lipinski definition) is 4. The van der Waals surface area contributed by atoms with Crippen LogP contribution >= 0.6 is 0 Å². The Kier molecular flexibility index (Phi) is 4.75. The zero-order valence-electron chi connectivity index (χ0n) is 16.4. The lowest BCUT2D eigenvalue weighted by atomic mass is 10.2. The second kappa shape index (κ2) is 7.73. The van der Waals surface area contributed by atoms with Crippen molar-refractivity contribution in [3.63, 3.8) is 0 Å². The molecule has 158 valence electrons. The van der Waals surface area contributed by atoms with E-state index in [1.807, 2.05) is 11.0 Å². The van der Waals surface area contributed by atoms with Crippen LogP contribution in [0.5, 0.6) is 11.5 Å². The summed E-state index contributed by atoms with van der Waals surface area (Å²) >= 11 is 0. The van der Waals surface area contributed by atoms with Crippen LogP contribution < -0.4 is 20.7 Å². The van der Waals surface area contributed by atoms with E-state index in [1.54, 1.807) is 36.5 Å². The van der Waals surface area contributed by atoms with Gasteiger partial charge in [-0.2, -0.15) is 15.1 Å². The summed E-state index contributed by atoms with van der Waals surface area (Å²) in [5, 5.41) is 20.5. The van der Waals surface area contributed by atoms with Crippen LogP contribution in [0.1, 0.15) is 6.42 Å². The Hall–Kier alpha value is -3.92. The highest BCUT2D eigenvalue weighted by Crippen LogP contribution is 2.30. The average Bonchev–Trinajstić information content (AvgIpc) is 3.38. The Morgan fingerprint density at radius 1 is 1.19 bits per heavy atom. The summed E-state index contributed by atoms with van der Waals surface area (Å²) in [7, 11) is 0. The third-order valence-electron chi connectivity index (χ3n) is 5.06. The lowest BCUT2D eigenvalue weighted by Gasteiger charge is -2.18. The van der Waals surface area contributed by atoms with Gasteiger partial charge in [0.25, 0.3) is 0 Å². The number of hydrogen-bond acceptors (Lipinski definition) is 8. The number of anilines is 4. The molecule has 31 heavy (non-hydrogen) atoms. The molecule has 1 aliphatic rings. The molecule has 4 aromatic rings. The summed E-state index contributed by atoms with van der Waals surface area (Å²) in [4.78, 5) is 10.3. The number of halogens is 1. The van der Waals surface area contributed by atoms with Crippen LogP contribution in [0.25, 0.3) is 10.9 Å². The molecule has 1 atom stereocenters. The maximum atomic E-state index is 14.7. The third-order valence-corrected chi connectivity index (χ3v) is 5.06. The van der Waals surface area contributed by atoms with E-state index in [4.69, 9.17) is 10.5 Å². The van der Waals surface area contributed by atoms with Gasteiger partial charge in [0.1, 0.15) is 17.4 Å². The molecule has 0 amide bonds. The largest absolute Gasteiger partial charge is 0.454 e. The molecule has 1 fully saturated rings. The van der Waals surface area contributed by atoms with Gasteiger partial charge in [-0.1, -0.05) is 0 Å². The summed E-state index contributed by atoms with van der Waals surface area (Å²) in [6.07, 6.45) is 1.96. The number of aromatic amines is 1. The van der Waals surface area contributed by atoms with Gasteiger partial charge in [0.2, 0.25) is 5.95 Å². The topological polar surface area (TPSA) is 125 Å². The molecule has 5 N–H and O–H groups in total. The summed E-state index contributed by atoms with van der Waals surface area (Å²) < 4.78 is 20.3. The minimum Gasteiger partial charge on any atom is -0.454 e. The maximum Gasteiger partial charge on any atom is 0.223 e. The fraction of sp³-hybridized carbons (Fsp3) is 0.190. The number of aliphatic hydroxyl groups excluding tert-OH is 1. The first-order valence-corrected chi connectivity index (χ1v) is 9.78. The Labute approximate surface area is 176 Å². The van der Waals surface area contributed by atoms with Crippen LogP contribution in [-0.2, 0) is 0 Å². The number of aliphatic hydroxyl groups is 1. The summed E-state index contributed by atoms with van der Waals surface area (Å²) in [5.74, 6) is 1.22. The molecule has 0 spiro atoms. The normalized spacial score (nSPS) is 16.1. The van der Waals surface area contributed by atoms with Gasteiger partial charge in [0.15, 0.2) is 11.6 Å². The summed E-state index contributed by atoms with van der Waals surface area (Å²) in [6, 6.07) is 11.6. The average molecular weight is 421 g/mol. The Bertz CT molecular complexity index is 1250. The fourth-order valence-corrected chi connectivity index (χ4v) is 3.55. The number of ether oxygens (including phenoxy) is 1. The number of nitrogens with one attached hydrogen (secondary N) is 2. The van der Waals surface area contributed by atoms with Crippen LogP contribution in [0.2, 0.25) is 0 Å². The number of rotatable bonds is 5. The van der Waals surface area contributed by atoms with Gasteiger partial charge in [-0.15, -0.1) is 0 Å². The van der Waals surface area contributed by atoms with Crippen molar-refractivity contribution in [1.82, 2.24) is 20.2 Å². The van der Waals surface area contributed by atoms with Gasteiger partial charge in [-0.05, 0) is 36.8 Å². The van der Waals surface area contributed by atoms with Crippen LogP contribution in [0.3, 0.4) is 0 Å². The van der Waals surface area contributed by atoms with Gasteiger partial charge < -0.3 is 25.8 Å². The second-order valence-corrected chi connectivity index (χ2v) is 7.35. The molecule has 2 aromatic heterocycles. The molecule has 10 heteroatoms. The van der Waals surface area contributed by atoms with E-state index in [-0.39, 0.29) is 17.8 Å². The van der Waals surface area contributed by atoms with Crippen molar-refractivity contribution in [3.8, 4) is 11.5 Å². The second-order valence-electron chi connectivity index (χ2n) is 7.35. The summed E-state index contributed by atoms with van der Waals surface area (Å²) in [5.41, 5.74) is 7.20. The number of nitrogens with zero attached hydrogens (tertiary/aromatic N) is 4. The van der Waals surface area contributed by atoms with E-state index < -0.39 is 5.82 Å². The van der Waals surface area contributed by atoms with Gasteiger partial charge in [0.05, 0.1) is 17.8 Å². The number of β-amino-alcohol motifs (C(OH)–C–C–N with tert-alkyl or cyclic N) is 1. The van der Waals surface area contributed by atoms with Crippen molar-refractivity contribution in [2.45, 2.75) is 12.5 Å². The van der Waals surface area contributed by atoms with E-state index in [1.165, 1.54) is 6.07 Å². The molecule has 9 nitrogen and oxygen atoms in total. The molecule has 2 aromatic carbocycles. The number of fused-ring (bicyclic) bond motifs is 1. The lowest BCUT2D eigenvalue weighted by Crippen LogP contribution is -2.23. The Morgan fingerprint density at radius 3 is 2.90 bits per heavy atom. The van der Waals surface area contributed by atoms with Crippen LogP contribution in [-0.4, -0.2) is 44.5 Å². The first-order valence-electron chi connectivity index (χ1n) is 9.78. The molecular formula is C21H20FN7O2. The van der Waals surface area contributed by atoms with Crippen molar-refractivity contribution in [2.75, 3.05) is 29.0 Å². The first kappa shape index (κ1) is 19.1. The highest BCUT2D eigenvalue weighted by molar-refractivity contribution is 5.79. The Morgan fingerprint density at radius 2 is 2.10 bits per heavy atom. The van der Waals surface area contributed by atoms with Crippen molar-refractivity contribution in [3.05, 3.63) is 54.5 Å². The maximum absolute atomic E-state index is 14.7. The highest BCUT2D eigenvalue weighted by atomic mass is 19.1. The molecular weight excluding hydrogens is 401 g/mol. The van der Waals surface area contributed by atoms with Crippen molar-refractivity contribution in [2.24, 2.45) is 0 Å². The standard InChI is InChI=1S/C21H20FN7O2/c22-16-8-13(1-4-18(16)31-15-2-3-17-12(7-15)10-24-28-17)25-19-9-20(27-21(23)26-19)29-6-5-14(30)11-29/h1-4,7-10,14,30H,5-6,11H2,(H,24,28)(H3,23,25,26,27). The molecule has 1 aliphatic heterocycles. The van der Waals surface area contributed by atoms with Gasteiger partial charge in [-0.25, -0.2) is 4.39 Å². The number of aromatic nitrogens is 4. The molecule has 5 rings (SSSR count). The quantitative estimate of drug-likeness (QED) is 0.387. The highest BCUT2D eigenvalue weighted by Gasteiger charge is 2.22. The first-order chi connectivity index (χ1) is 15.0. The zero-order chi connectivity index (χ0) is 21.4. The van der Waals surface area contributed by atoms with Crippen molar-refractivity contribution >= 4 is 34.2 Å². The smallest absolute Gasteiger partial charge is 0.223 e. The zero-order valence-corrected chi connectivity index (χ0v) is 16.4. The Balaban J connectivity index is 1.33. The van der Waals surface area contributed by atoms with Crippen LogP contribution in [0.4, 0.5) is 27.7 Å². The molecule has 0 bridgehead atoms. The van der Waals surface area contributed by atoms with Crippen LogP contribution in [0, 0.1) is 5.82 Å². The van der Waals surface area contributed by atoms with Gasteiger partial charge >= 0.3 is 0 Å². The minimum atomic E-state index is -0.526. The number of H-pyrrole nitrogens is 1. The van der Waals surface area contributed by atoms with E-state index in [0.29, 0.717) is 42.6 Å². The number of nitrogen functional groups attached to an aromatic ring is 1. The van der Waals surface area contributed by atoms with Gasteiger partial charge in [-0.3, -0.25) is 5.10 Å². The van der Waals surface area contributed by atoms with E-state index in [9.17, 15) is 9.50 Å². The van der Waals surface area contributed by atoms with Crippen molar-refractivity contribution < 1.29 is 14.2 Å². The lowest BCUT2D eigenvalue weighted by molar-refractivity contribution is 0.198. The van der Waals surface area contributed by atoms with E-state index in [0.717, 1.165) is 10.9 Å². The molecule has 0 radical (unpaired) electrons. The van der Waals surface area contributed by atoms with Crippen molar-refractivity contribution in [1.29, 1.82) is 0 Å². The predicted octanol–water partition coefficient (Wildman–Crippen LogP) is 3.18. The molecule has 1 saturated heterocycles. The predicted molar refractivity (Wildman–Crippen MR) is 115 cm³/mol. The fourth-order valence-electron chi connectivity index (χ4n) is 3.55. The van der Waals surface area contributed by atoms with Crippen LogP contribution in [0.15, 0.2) is 48.7 Å². The molecule has 3 heterocycles. The third kappa shape index (κ3) is 4.05. The number of benzene rings is 2. The monoisotopic (exact) mass is 421 g/mol. The molecule has 0 saturated carbocycles. The minimum absolute atomic E-state index is 0.0939. The SMILES string of the molecule is Nc1nc(Nc2ccc(Oc3ccc4[nH]ncc4c3)c(F)c2)cc(N2CCC(O)C2)n1. The number of nitrogens with two attached hydrogens (primary N) is 1. The van der Waals surface area contributed by atoms with E-state index >= 15 is 0 Å². The molecule has 0 aliphatic carbocycles. The summed E-state index contributed by atoms with van der Waals surface area (Å²) in [6.45, 7) is 1.17. The van der Waals surface area contributed by atoms with E-state index in [2.05, 4.69) is 25.5 Å². The molecule has 1 unspecified atom stereocenters.